The van der Waals surface area contributed by atoms with E-state index in [-0.39, 0.29) is 0 Å². The second kappa shape index (κ2) is 6.74. The van der Waals surface area contributed by atoms with Gasteiger partial charge in [0.25, 0.3) is 0 Å². The summed E-state index contributed by atoms with van der Waals surface area (Å²) in [5.41, 5.74) is 2.75. The van der Waals surface area contributed by atoms with Gasteiger partial charge in [0, 0.05) is 19.1 Å². The van der Waals surface area contributed by atoms with Crippen molar-refractivity contribution in [3.8, 4) is 0 Å². The van der Waals surface area contributed by atoms with Crippen molar-refractivity contribution in [1.29, 1.82) is 0 Å². The van der Waals surface area contributed by atoms with E-state index in [1.807, 2.05) is 0 Å². The molecule has 0 bridgehead atoms. The van der Waals surface area contributed by atoms with Crippen LogP contribution in [0.2, 0.25) is 0 Å². The van der Waals surface area contributed by atoms with Gasteiger partial charge in [-0.15, -0.1) is 0 Å². The molecule has 0 heterocycles. The minimum Gasteiger partial charge on any atom is -0.339 e. The van der Waals surface area contributed by atoms with Crippen molar-refractivity contribution < 1.29 is 0 Å². The number of rotatable bonds is 6. The summed E-state index contributed by atoms with van der Waals surface area (Å²) in [6.45, 7) is 8.51. The van der Waals surface area contributed by atoms with E-state index >= 15 is 0 Å². The lowest BCUT2D eigenvalue weighted by molar-refractivity contribution is 0.323. The summed E-state index contributed by atoms with van der Waals surface area (Å²) in [5, 5.41) is 0. The maximum Gasteiger partial charge on any atom is 0.208 e. The molecule has 4 nitrogen and oxygen atoms in total. The molecule has 0 aromatic carbocycles. The first kappa shape index (κ1) is 13.3. The van der Waals surface area contributed by atoms with Gasteiger partial charge in [0.05, 0.1) is 0 Å². The number of hydrazine groups is 1. The molecular formula is C12H26N4. The van der Waals surface area contributed by atoms with Crippen LogP contribution in [0.25, 0.3) is 0 Å². The largest absolute Gasteiger partial charge is 0.339 e. The Hall–Kier alpha value is -0.770. The van der Waals surface area contributed by atoms with Crippen LogP contribution in [0.5, 0.6) is 0 Å². The van der Waals surface area contributed by atoms with Crippen LogP contribution >= 0.6 is 0 Å². The zero-order chi connectivity index (χ0) is 12.0. The van der Waals surface area contributed by atoms with E-state index in [1.54, 1.807) is 0 Å². The Balaban J connectivity index is 2.52. The van der Waals surface area contributed by atoms with Gasteiger partial charge in [-0.05, 0) is 39.0 Å². The minimum atomic E-state index is 0.456. The lowest BCUT2D eigenvalue weighted by Gasteiger charge is -2.29. The summed E-state index contributed by atoms with van der Waals surface area (Å²) in [4.78, 5) is 6.83. The topological polar surface area (TPSA) is 53.6 Å². The Morgan fingerprint density at radius 3 is 2.62 bits per heavy atom. The van der Waals surface area contributed by atoms with Crippen molar-refractivity contribution in [2.75, 3.05) is 13.1 Å². The van der Waals surface area contributed by atoms with E-state index in [0.717, 1.165) is 31.4 Å². The molecule has 16 heavy (non-hydrogen) atoms. The predicted molar refractivity (Wildman–Crippen MR) is 69.1 cm³/mol. The van der Waals surface area contributed by atoms with Crippen LogP contribution in [0.3, 0.4) is 0 Å². The molecule has 0 saturated heterocycles. The summed E-state index contributed by atoms with van der Waals surface area (Å²) in [5.74, 6) is 7.28. The van der Waals surface area contributed by atoms with Gasteiger partial charge >= 0.3 is 0 Å². The van der Waals surface area contributed by atoms with Crippen LogP contribution in [-0.2, 0) is 0 Å². The van der Waals surface area contributed by atoms with Crippen LogP contribution in [0.15, 0.2) is 4.99 Å². The highest BCUT2D eigenvalue weighted by Gasteiger charge is 2.26. The molecule has 0 aliphatic heterocycles. The number of hydrogen-bond acceptors (Lipinski definition) is 2. The molecule has 0 unspecified atom stereocenters. The average Bonchev–Trinajstić information content (AvgIpc) is 3.05. The number of guanidine groups is 1. The summed E-state index contributed by atoms with van der Waals surface area (Å²) in [6, 6.07) is 0.456. The van der Waals surface area contributed by atoms with Gasteiger partial charge in [0.2, 0.25) is 5.96 Å². The number of unbranched alkanes of at least 4 members (excludes halogenated alkanes) is 1. The minimum absolute atomic E-state index is 0.456. The molecule has 0 amide bonds. The number of nitrogens with zero attached hydrogens (tertiary/aromatic N) is 2. The molecule has 1 fully saturated rings. The molecule has 1 rings (SSSR count). The molecule has 1 aliphatic carbocycles. The number of nitrogens with two attached hydrogens (primary N) is 1. The Labute approximate surface area is 99.3 Å². The lowest BCUT2D eigenvalue weighted by atomic mass is 10.3. The highest BCUT2D eigenvalue weighted by Crippen LogP contribution is 2.30. The van der Waals surface area contributed by atoms with Crippen molar-refractivity contribution in [2.24, 2.45) is 16.8 Å². The van der Waals surface area contributed by atoms with E-state index in [4.69, 9.17) is 5.84 Å². The molecule has 4 heteroatoms. The van der Waals surface area contributed by atoms with Gasteiger partial charge in [-0.2, -0.15) is 0 Å². The molecule has 0 aromatic rings. The Kier molecular flexibility index (Phi) is 5.60. The smallest absolute Gasteiger partial charge is 0.208 e. The lowest BCUT2D eigenvalue weighted by Crippen LogP contribution is -2.49. The van der Waals surface area contributed by atoms with Gasteiger partial charge in [-0.3, -0.25) is 10.4 Å². The third-order valence-corrected chi connectivity index (χ3v) is 2.95. The normalized spacial score (nSPS) is 16.7. The van der Waals surface area contributed by atoms with Crippen LogP contribution in [0.1, 0.15) is 46.5 Å². The van der Waals surface area contributed by atoms with E-state index in [0.29, 0.717) is 6.04 Å². The molecule has 0 spiro atoms. The molecule has 1 saturated carbocycles. The van der Waals surface area contributed by atoms with E-state index in [9.17, 15) is 0 Å². The maximum atomic E-state index is 5.57. The first-order valence-corrected chi connectivity index (χ1v) is 6.46. The SMILES string of the molecule is CCCCN=C(NN)N(CC1CC1)C(C)C. The molecular weight excluding hydrogens is 200 g/mol. The monoisotopic (exact) mass is 226 g/mol. The third kappa shape index (κ3) is 4.39. The fourth-order valence-corrected chi connectivity index (χ4v) is 1.68. The van der Waals surface area contributed by atoms with Gasteiger partial charge in [-0.1, -0.05) is 13.3 Å². The molecule has 3 N–H and O–H groups in total. The van der Waals surface area contributed by atoms with Crippen molar-refractivity contribution in [2.45, 2.75) is 52.5 Å². The second-order valence-electron chi connectivity index (χ2n) is 4.89. The molecule has 0 atom stereocenters. The number of hydrogen-bond donors (Lipinski definition) is 2. The fraction of sp³-hybridized carbons (Fsp3) is 0.917. The quantitative estimate of drug-likeness (QED) is 0.238. The summed E-state index contributed by atoms with van der Waals surface area (Å²) < 4.78 is 0. The van der Waals surface area contributed by atoms with Crippen molar-refractivity contribution in [3.63, 3.8) is 0 Å². The summed E-state index contributed by atoms with van der Waals surface area (Å²) >= 11 is 0. The molecule has 0 aromatic heterocycles. The highest BCUT2D eigenvalue weighted by molar-refractivity contribution is 5.79. The first-order valence-electron chi connectivity index (χ1n) is 6.46. The van der Waals surface area contributed by atoms with Crippen molar-refractivity contribution in [1.82, 2.24) is 10.3 Å². The van der Waals surface area contributed by atoms with Gasteiger partial charge in [0.15, 0.2) is 0 Å². The molecule has 94 valence electrons. The zero-order valence-corrected chi connectivity index (χ0v) is 10.9. The standard InChI is InChI=1S/C12H26N4/c1-4-5-8-14-12(15-13)16(10(2)3)9-11-6-7-11/h10-11H,4-9,13H2,1-3H3,(H,14,15). The average molecular weight is 226 g/mol. The first-order chi connectivity index (χ1) is 7.69. The number of nitrogens with one attached hydrogen (secondary N) is 1. The zero-order valence-electron chi connectivity index (χ0n) is 10.9. The van der Waals surface area contributed by atoms with Crippen molar-refractivity contribution >= 4 is 5.96 Å². The molecule has 0 radical (unpaired) electrons. The Morgan fingerprint density at radius 1 is 1.50 bits per heavy atom. The Morgan fingerprint density at radius 2 is 2.19 bits per heavy atom. The summed E-state index contributed by atoms with van der Waals surface area (Å²) in [6.07, 6.45) is 5.01. The molecule has 1 aliphatic rings. The van der Waals surface area contributed by atoms with Crippen LogP contribution < -0.4 is 11.3 Å². The fourth-order valence-electron chi connectivity index (χ4n) is 1.68. The van der Waals surface area contributed by atoms with E-state index in [1.165, 1.54) is 19.3 Å². The van der Waals surface area contributed by atoms with Gasteiger partial charge in [0.1, 0.15) is 0 Å². The third-order valence-electron chi connectivity index (χ3n) is 2.95. The predicted octanol–water partition coefficient (Wildman–Crippen LogP) is 1.73. The number of aliphatic imine (C=N–C) groups is 1. The van der Waals surface area contributed by atoms with Gasteiger partial charge < -0.3 is 4.90 Å². The highest BCUT2D eigenvalue weighted by atomic mass is 15.4. The maximum absolute atomic E-state index is 5.57. The van der Waals surface area contributed by atoms with Crippen LogP contribution in [0.4, 0.5) is 0 Å². The van der Waals surface area contributed by atoms with Crippen molar-refractivity contribution in [3.05, 3.63) is 0 Å². The Bertz CT molecular complexity index is 221. The summed E-state index contributed by atoms with van der Waals surface area (Å²) in [7, 11) is 0. The van der Waals surface area contributed by atoms with E-state index < -0.39 is 0 Å². The van der Waals surface area contributed by atoms with Gasteiger partial charge in [-0.25, -0.2) is 5.84 Å². The van der Waals surface area contributed by atoms with Crippen LogP contribution in [-0.4, -0.2) is 30.0 Å². The second-order valence-corrected chi connectivity index (χ2v) is 4.89. The van der Waals surface area contributed by atoms with E-state index in [2.05, 4.69) is 36.1 Å². The van der Waals surface area contributed by atoms with Crippen LogP contribution in [0, 0.1) is 5.92 Å².